The molecule has 3 aromatic rings. The number of rotatable bonds is 4. The summed E-state index contributed by atoms with van der Waals surface area (Å²) in [6.45, 7) is 0.468. The standard InChI is InChI=1S/C13H10BrFN4O/c14-10-3-4-20-13(10)6-17-9-1-2-12(11(15)5-9)19-8-16-7-18-19/h1-5,7-8,17H,6H2. The molecule has 0 aliphatic rings. The quantitative estimate of drug-likeness (QED) is 0.793. The van der Waals surface area contributed by atoms with Crippen LogP contribution in [0.15, 0.2) is 52.1 Å². The van der Waals surface area contributed by atoms with E-state index in [0.717, 1.165) is 10.2 Å². The van der Waals surface area contributed by atoms with E-state index >= 15 is 0 Å². The zero-order valence-corrected chi connectivity index (χ0v) is 11.8. The number of nitrogens with zero attached hydrogens (tertiary/aromatic N) is 3. The molecule has 2 aromatic heterocycles. The second-order valence-corrected chi connectivity index (χ2v) is 4.91. The lowest BCUT2D eigenvalue weighted by molar-refractivity contribution is 0.516. The zero-order chi connectivity index (χ0) is 13.9. The van der Waals surface area contributed by atoms with Gasteiger partial charge >= 0.3 is 0 Å². The Kier molecular flexibility index (Phi) is 3.51. The molecule has 0 radical (unpaired) electrons. The van der Waals surface area contributed by atoms with E-state index in [4.69, 9.17) is 4.42 Å². The van der Waals surface area contributed by atoms with Crippen molar-refractivity contribution in [1.82, 2.24) is 14.8 Å². The van der Waals surface area contributed by atoms with Gasteiger partial charge in [0.25, 0.3) is 0 Å². The fraction of sp³-hybridized carbons (Fsp3) is 0.0769. The highest BCUT2D eigenvalue weighted by atomic mass is 79.9. The average molecular weight is 337 g/mol. The Hall–Kier alpha value is -2.15. The second kappa shape index (κ2) is 5.46. The molecule has 0 aliphatic heterocycles. The summed E-state index contributed by atoms with van der Waals surface area (Å²) in [7, 11) is 0. The first kappa shape index (κ1) is 12.9. The van der Waals surface area contributed by atoms with Gasteiger partial charge in [-0.15, -0.1) is 0 Å². The van der Waals surface area contributed by atoms with E-state index in [0.29, 0.717) is 17.9 Å². The van der Waals surface area contributed by atoms with Crippen LogP contribution in [-0.2, 0) is 6.54 Å². The summed E-state index contributed by atoms with van der Waals surface area (Å²) in [6, 6.07) is 6.64. The lowest BCUT2D eigenvalue weighted by Gasteiger charge is -2.08. The summed E-state index contributed by atoms with van der Waals surface area (Å²) in [5, 5.41) is 6.99. The largest absolute Gasteiger partial charge is 0.466 e. The second-order valence-electron chi connectivity index (χ2n) is 4.05. The van der Waals surface area contributed by atoms with Gasteiger partial charge in [0.05, 0.1) is 17.3 Å². The van der Waals surface area contributed by atoms with Crippen LogP contribution in [0.25, 0.3) is 5.69 Å². The minimum Gasteiger partial charge on any atom is -0.466 e. The molecule has 2 heterocycles. The molecule has 0 saturated carbocycles. The van der Waals surface area contributed by atoms with Gasteiger partial charge in [0.15, 0.2) is 5.82 Å². The van der Waals surface area contributed by atoms with E-state index in [-0.39, 0.29) is 5.82 Å². The third kappa shape index (κ3) is 2.57. The fourth-order valence-electron chi connectivity index (χ4n) is 1.77. The predicted molar refractivity (Wildman–Crippen MR) is 75.1 cm³/mol. The third-order valence-corrected chi connectivity index (χ3v) is 3.46. The minimum atomic E-state index is -0.376. The molecular formula is C13H10BrFN4O. The zero-order valence-electron chi connectivity index (χ0n) is 10.3. The van der Waals surface area contributed by atoms with E-state index in [9.17, 15) is 4.39 Å². The summed E-state index contributed by atoms with van der Waals surface area (Å²) in [6.07, 6.45) is 4.40. The van der Waals surface area contributed by atoms with E-state index in [2.05, 4.69) is 31.3 Å². The van der Waals surface area contributed by atoms with Crippen molar-refractivity contribution >= 4 is 21.6 Å². The number of nitrogens with one attached hydrogen (secondary N) is 1. The SMILES string of the molecule is Fc1cc(NCc2occc2Br)ccc1-n1cncn1. The molecule has 0 atom stereocenters. The van der Waals surface area contributed by atoms with Crippen LogP contribution >= 0.6 is 15.9 Å². The molecule has 102 valence electrons. The molecule has 5 nitrogen and oxygen atoms in total. The van der Waals surface area contributed by atoms with E-state index in [1.807, 2.05) is 6.07 Å². The van der Waals surface area contributed by atoms with Crippen LogP contribution in [0.3, 0.4) is 0 Å². The molecule has 0 fully saturated rings. The molecular weight excluding hydrogens is 327 g/mol. The first-order chi connectivity index (χ1) is 9.74. The van der Waals surface area contributed by atoms with Crippen LogP contribution in [0.5, 0.6) is 0 Å². The summed E-state index contributed by atoms with van der Waals surface area (Å²) in [5.41, 5.74) is 1.02. The number of hydrogen-bond donors (Lipinski definition) is 1. The number of furan rings is 1. The minimum absolute atomic E-state index is 0.354. The number of halogens is 2. The predicted octanol–water partition coefficient (Wildman–Crippen LogP) is 3.37. The number of benzene rings is 1. The van der Waals surface area contributed by atoms with Crippen molar-refractivity contribution in [1.29, 1.82) is 0 Å². The molecule has 0 bridgehead atoms. The first-order valence-corrected chi connectivity index (χ1v) is 6.63. The van der Waals surface area contributed by atoms with Gasteiger partial charge in [0.1, 0.15) is 24.1 Å². The Morgan fingerprint density at radius 1 is 1.35 bits per heavy atom. The molecule has 20 heavy (non-hydrogen) atoms. The van der Waals surface area contributed by atoms with Crippen molar-refractivity contribution in [3.8, 4) is 5.69 Å². The topological polar surface area (TPSA) is 55.9 Å². The Labute approximate surface area is 122 Å². The van der Waals surface area contributed by atoms with Crippen molar-refractivity contribution in [2.45, 2.75) is 6.54 Å². The normalized spacial score (nSPS) is 10.7. The molecule has 1 N–H and O–H groups in total. The van der Waals surface area contributed by atoms with Gasteiger partial charge in [-0.3, -0.25) is 0 Å². The van der Waals surface area contributed by atoms with Crippen molar-refractivity contribution in [2.75, 3.05) is 5.32 Å². The Bertz CT molecular complexity index is 711. The maximum atomic E-state index is 14.0. The average Bonchev–Trinajstić information content (AvgIpc) is 3.08. The van der Waals surface area contributed by atoms with Crippen LogP contribution < -0.4 is 5.32 Å². The number of hydrogen-bond acceptors (Lipinski definition) is 4. The summed E-state index contributed by atoms with van der Waals surface area (Å²) < 4.78 is 21.5. The van der Waals surface area contributed by atoms with Crippen LogP contribution in [0, 0.1) is 5.82 Å². The maximum Gasteiger partial charge on any atom is 0.150 e. The summed E-state index contributed by atoms with van der Waals surface area (Å²) in [5.74, 6) is 0.379. The molecule has 0 spiro atoms. The summed E-state index contributed by atoms with van der Waals surface area (Å²) >= 11 is 3.37. The molecule has 3 rings (SSSR count). The van der Waals surface area contributed by atoms with Gasteiger partial charge in [-0.2, -0.15) is 5.10 Å². The molecule has 1 aromatic carbocycles. The van der Waals surface area contributed by atoms with Crippen LogP contribution in [0.2, 0.25) is 0 Å². The highest BCUT2D eigenvalue weighted by molar-refractivity contribution is 9.10. The van der Waals surface area contributed by atoms with Gasteiger partial charge in [-0.1, -0.05) is 0 Å². The van der Waals surface area contributed by atoms with Crippen molar-refractivity contribution in [3.63, 3.8) is 0 Å². The van der Waals surface area contributed by atoms with Crippen molar-refractivity contribution < 1.29 is 8.81 Å². The van der Waals surface area contributed by atoms with Gasteiger partial charge in [0.2, 0.25) is 0 Å². The Balaban J connectivity index is 1.76. The third-order valence-electron chi connectivity index (χ3n) is 2.76. The van der Waals surface area contributed by atoms with Gasteiger partial charge in [0, 0.05) is 5.69 Å². The van der Waals surface area contributed by atoms with E-state index < -0.39 is 0 Å². The van der Waals surface area contributed by atoms with Crippen LogP contribution in [0.4, 0.5) is 10.1 Å². The Morgan fingerprint density at radius 3 is 2.90 bits per heavy atom. The monoisotopic (exact) mass is 336 g/mol. The molecule has 0 saturated heterocycles. The van der Waals surface area contributed by atoms with Gasteiger partial charge in [-0.05, 0) is 40.2 Å². The van der Waals surface area contributed by atoms with E-state index in [1.54, 1.807) is 18.4 Å². The highest BCUT2D eigenvalue weighted by Crippen LogP contribution is 2.21. The first-order valence-electron chi connectivity index (χ1n) is 5.84. The molecule has 0 unspecified atom stereocenters. The smallest absolute Gasteiger partial charge is 0.150 e. The molecule has 7 heteroatoms. The molecule has 0 amide bonds. The highest BCUT2D eigenvalue weighted by Gasteiger charge is 2.07. The lowest BCUT2D eigenvalue weighted by Crippen LogP contribution is -2.02. The lowest BCUT2D eigenvalue weighted by atomic mass is 10.2. The summed E-state index contributed by atoms with van der Waals surface area (Å²) in [4.78, 5) is 3.79. The number of anilines is 1. The Morgan fingerprint density at radius 2 is 2.25 bits per heavy atom. The van der Waals surface area contributed by atoms with Crippen molar-refractivity contribution in [3.05, 3.63) is 59.2 Å². The van der Waals surface area contributed by atoms with Crippen molar-refractivity contribution in [2.24, 2.45) is 0 Å². The number of aromatic nitrogens is 3. The van der Waals surface area contributed by atoms with Crippen LogP contribution in [-0.4, -0.2) is 14.8 Å². The maximum absolute atomic E-state index is 14.0. The van der Waals surface area contributed by atoms with Gasteiger partial charge < -0.3 is 9.73 Å². The fourth-order valence-corrected chi connectivity index (χ4v) is 2.11. The van der Waals surface area contributed by atoms with Gasteiger partial charge in [-0.25, -0.2) is 14.1 Å². The van der Waals surface area contributed by atoms with Crippen LogP contribution in [0.1, 0.15) is 5.76 Å². The molecule has 0 aliphatic carbocycles. The van der Waals surface area contributed by atoms with E-state index in [1.165, 1.54) is 23.4 Å².